The molecule has 3 aromatic rings. The van der Waals surface area contributed by atoms with E-state index in [4.69, 9.17) is 24.7 Å². The van der Waals surface area contributed by atoms with E-state index in [-0.39, 0.29) is 50.4 Å². The number of aromatic nitrogens is 1. The van der Waals surface area contributed by atoms with Gasteiger partial charge in [-0.05, 0) is 92.7 Å². The molecular weight excluding hydrogens is 796 g/mol. The summed E-state index contributed by atoms with van der Waals surface area (Å²) >= 11 is 0. The summed E-state index contributed by atoms with van der Waals surface area (Å²) in [6, 6.07) is 15.2. The Labute approximate surface area is 360 Å². The zero-order valence-corrected chi connectivity index (χ0v) is 35.7. The van der Waals surface area contributed by atoms with Crippen molar-refractivity contribution in [1.82, 2.24) is 4.98 Å². The van der Waals surface area contributed by atoms with Crippen molar-refractivity contribution in [2.24, 2.45) is 28.4 Å². The van der Waals surface area contributed by atoms with Crippen LogP contribution < -0.4 is 5.73 Å². The van der Waals surface area contributed by atoms with E-state index < -0.39 is 82.2 Å². The van der Waals surface area contributed by atoms with Crippen molar-refractivity contribution in [3.8, 4) is 0 Å². The van der Waals surface area contributed by atoms with Crippen LogP contribution in [-0.2, 0) is 55.8 Å². The number of aliphatic hydroxyl groups excluding tert-OH is 1. The van der Waals surface area contributed by atoms with Gasteiger partial charge in [-0.2, -0.15) is 0 Å². The summed E-state index contributed by atoms with van der Waals surface area (Å²) < 4.78 is 41.4. The first kappa shape index (κ1) is 43.7. The number of rotatable bonds is 14. The molecule has 13 heteroatoms. The van der Waals surface area contributed by atoms with Gasteiger partial charge in [0.15, 0.2) is 29.4 Å². The predicted molar refractivity (Wildman–Crippen MR) is 225 cm³/mol. The fraction of sp³-hybridized carbons (Fsp3) is 0.510. The van der Waals surface area contributed by atoms with Crippen molar-refractivity contribution in [3.63, 3.8) is 0 Å². The Bertz CT molecular complexity index is 2360. The number of alkyl halides is 1. The fourth-order valence-corrected chi connectivity index (χ4v) is 11.6. The molecule has 328 valence electrons. The first-order valence-electron chi connectivity index (χ1n) is 21.6. The minimum atomic E-state index is -2.10. The van der Waals surface area contributed by atoms with Crippen molar-refractivity contribution in [3.05, 3.63) is 101 Å². The van der Waals surface area contributed by atoms with E-state index >= 15 is 4.39 Å². The highest BCUT2D eigenvalue weighted by Crippen LogP contribution is 2.72. The summed E-state index contributed by atoms with van der Waals surface area (Å²) in [7, 11) is 0. The highest BCUT2D eigenvalue weighted by molar-refractivity contribution is 6.01. The molecule has 0 spiro atoms. The average Bonchev–Trinajstić information content (AvgIpc) is 3.65. The standard InChI is InChI=1S/C49H55FN2O10/c1-45(2)61-42-24-38-37-12-11-34-23-35(53)15-18-46(34,3)48(37,50)40(55)25-47(38,4)49(42,62-45)41(56)28-60-44(58)14-13-43(57)59-20-17-29-5-8-31(9-6-29)36(26-51)39(54)22-30-7-10-33-27-52-19-16-32(33)21-30/h5-10,15-16,18-19,21,23,27,36-38,40,42,55H,11-14,17,20,22,24-26,28,51H2,1-4H3/t36?,37-,38-,40-,42+,46-,47-,48-,49+/m0/s1. The highest BCUT2D eigenvalue weighted by atomic mass is 19.1. The van der Waals surface area contributed by atoms with E-state index in [1.54, 1.807) is 39.2 Å². The van der Waals surface area contributed by atoms with Crippen LogP contribution in [0.1, 0.15) is 88.8 Å². The van der Waals surface area contributed by atoms with Crippen LogP contribution in [0.15, 0.2) is 84.7 Å². The number of carbonyl (C=O) groups excluding carboxylic acids is 5. The molecule has 1 aromatic heterocycles. The molecule has 8 rings (SSSR count). The van der Waals surface area contributed by atoms with E-state index in [2.05, 4.69) is 4.98 Å². The fourth-order valence-electron chi connectivity index (χ4n) is 11.6. The molecule has 9 atom stereocenters. The summed E-state index contributed by atoms with van der Waals surface area (Å²) in [5, 5.41) is 13.8. The summed E-state index contributed by atoms with van der Waals surface area (Å²) in [4.78, 5) is 69.5. The number of pyridine rings is 1. The number of allylic oxidation sites excluding steroid dienone is 4. The van der Waals surface area contributed by atoms with Crippen LogP contribution in [0.2, 0.25) is 0 Å². The lowest BCUT2D eigenvalue weighted by Gasteiger charge is -2.62. The summed E-state index contributed by atoms with van der Waals surface area (Å²) in [5.41, 5.74) is 3.29. The number of ketones is 3. The molecule has 4 fully saturated rings. The van der Waals surface area contributed by atoms with E-state index in [0.29, 0.717) is 31.3 Å². The van der Waals surface area contributed by atoms with Crippen molar-refractivity contribution in [1.29, 1.82) is 0 Å². The number of esters is 2. The van der Waals surface area contributed by atoms with Gasteiger partial charge in [0, 0.05) is 53.9 Å². The molecule has 5 aliphatic rings. The highest BCUT2D eigenvalue weighted by Gasteiger charge is 2.80. The molecule has 0 bridgehead atoms. The van der Waals surface area contributed by atoms with Gasteiger partial charge in [-0.25, -0.2) is 4.39 Å². The molecule has 0 radical (unpaired) electrons. The van der Waals surface area contributed by atoms with Crippen molar-refractivity contribution >= 4 is 40.1 Å². The van der Waals surface area contributed by atoms with Crippen LogP contribution in [0.25, 0.3) is 10.8 Å². The molecule has 2 aromatic carbocycles. The number of hydrogen-bond donors (Lipinski definition) is 2. The van der Waals surface area contributed by atoms with Gasteiger partial charge in [0.2, 0.25) is 5.78 Å². The largest absolute Gasteiger partial charge is 0.465 e. The molecule has 3 saturated carbocycles. The molecule has 62 heavy (non-hydrogen) atoms. The predicted octanol–water partition coefficient (Wildman–Crippen LogP) is 5.94. The van der Waals surface area contributed by atoms with Gasteiger partial charge in [-0.15, -0.1) is 0 Å². The molecule has 2 heterocycles. The number of carbonyl (C=O) groups is 5. The molecule has 1 aliphatic heterocycles. The van der Waals surface area contributed by atoms with Crippen LogP contribution in [0.3, 0.4) is 0 Å². The van der Waals surface area contributed by atoms with E-state index in [1.165, 1.54) is 12.2 Å². The summed E-state index contributed by atoms with van der Waals surface area (Å²) in [5.74, 6) is -4.86. The molecule has 4 aliphatic carbocycles. The lowest BCUT2D eigenvalue weighted by atomic mass is 9.44. The zero-order valence-electron chi connectivity index (χ0n) is 35.7. The third-order valence-corrected chi connectivity index (χ3v) is 14.7. The van der Waals surface area contributed by atoms with Gasteiger partial charge in [0.1, 0.15) is 5.78 Å². The number of fused-ring (bicyclic) bond motifs is 8. The van der Waals surface area contributed by atoms with Crippen molar-refractivity contribution < 1.29 is 52.4 Å². The number of halogens is 1. The Morgan fingerprint density at radius 2 is 1.69 bits per heavy atom. The Morgan fingerprint density at radius 3 is 2.44 bits per heavy atom. The summed E-state index contributed by atoms with van der Waals surface area (Å²) in [6.07, 6.45) is 6.77. The lowest BCUT2D eigenvalue weighted by Crippen LogP contribution is -2.70. The van der Waals surface area contributed by atoms with E-state index in [9.17, 15) is 29.1 Å². The van der Waals surface area contributed by atoms with Crippen LogP contribution in [0.4, 0.5) is 4.39 Å². The van der Waals surface area contributed by atoms with Gasteiger partial charge in [0.25, 0.3) is 0 Å². The van der Waals surface area contributed by atoms with Crippen molar-refractivity contribution in [2.75, 3.05) is 19.8 Å². The minimum absolute atomic E-state index is 0.0159. The SMILES string of the molecule is CC1(C)O[C@@H]2C[C@H]3[C@@H]4CCC5=CC(=O)C=C[C@]5(C)[C@@]4(F)[C@@H](O)C[C@]3(C)[C@]2(C(=O)COC(=O)CCC(=O)OCCc2ccc(C(CN)C(=O)Cc3ccc4cnccc4c3)cc2)O1. The molecule has 3 N–H and O–H groups in total. The average molecular weight is 851 g/mol. The number of nitrogens with zero attached hydrogens (tertiary/aromatic N) is 1. The van der Waals surface area contributed by atoms with Gasteiger partial charge in [-0.3, -0.25) is 29.0 Å². The number of hydrogen-bond acceptors (Lipinski definition) is 12. The second-order valence-corrected chi connectivity index (χ2v) is 18.6. The first-order valence-corrected chi connectivity index (χ1v) is 21.6. The van der Waals surface area contributed by atoms with Gasteiger partial charge in [0.05, 0.1) is 37.6 Å². The number of benzene rings is 2. The second kappa shape index (κ2) is 16.3. The molecule has 0 amide bonds. The Balaban J connectivity index is 0.828. The van der Waals surface area contributed by atoms with Gasteiger partial charge >= 0.3 is 11.9 Å². The third kappa shape index (κ3) is 7.34. The third-order valence-electron chi connectivity index (χ3n) is 14.7. The molecular formula is C49H55FN2O10. The maximum absolute atomic E-state index is 17.7. The monoisotopic (exact) mass is 850 g/mol. The first-order chi connectivity index (χ1) is 29.4. The van der Waals surface area contributed by atoms with Crippen molar-refractivity contribution in [2.45, 2.75) is 114 Å². The number of Topliss-reactive ketones (excluding diaryl/α,β-unsaturated/α-hetero) is 2. The maximum Gasteiger partial charge on any atom is 0.306 e. The van der Waals surface area contributed by atoms with Gasteiger partial charge < -0.3 is 29.8 Å². The Kier molecular flexibility index (Phi) is 11.5. The van der Waals surface area contributed by atoms with Crippen LogP contribution in [0, 0.1) is 22.7 Å². The van der Waals surface area contributed by atoms with Crippen LogP contribution in [0.5, 0.6) is 0 Å². The van der Waals surface area contributed by atoms with E-state index in [1.807, 2.05) is 55.5 Å². The van der Waals surface area contributed by atoms with E-state index in [0.717, 1.165) is 27.5 Å². The quantitative estimate of drug-likeness (QED) is 0.183. The summed E-state index contributed by atoms with van der Waals surface area (Å²) in [6.45, 7) is 6.54. The smallest absolute Gasteiger partial charge is 0.306 e. The van der Waals surface area contributed by atoms with Gasteiger partial charge in [-0.1, -0.05) is 61.0 Å². The minimum Gasteiger partial charge on any atom is -0.465 e. The Hall–Kier alpha value is -4.95. The van der Waals surface area contributed by atoms with Crippen LogP contribution >= 0.6 is 0 Å². The lowest BCUT2D eigenvalue weighted by molar-refractivity contribution is -0.246. The molecule has 1 unspecified atom stereocenters. The Morgan fingerprint density at radius 1 is 0.968 bits per heavy atom. The topological polar surface area (TPSA) is 181 Å². The van der Waals surface area contributed by atoms with Crippen LogP contribution in [-0.4, -0.2) is 88.4 Å². The number of nitrogens with two attached hydrogens (primary N) is 1. The maximum atomic E-state index is 17.7. The zero-order chi connectivity index (χ0) is 44.2. The molecule has 1 saturated heterocycles. The second-order valence-electron chi connectivity index (χ2n) is 18.6. The normalized spacial score (nSPS) is 32.2. The number of aliphatic hydroxyl groups is 1. The number of ether oxygens (including phenoxy) is 4. The molecule has 12 nitrogen and oxygen atoms in total.